The number of hydrogen-bond acceptors (Lipinski definition) is 6. The van der Waals surface area contributed by atoms with E-state index >= 15 is 0 Å². The molecule has 0 saturated carbocycles. The summed E-state index contributed by atoms with van der Waals surface area (Å²) in [5.41, 5.74) is 2.37. The number of carbonyl (C=O) groups excluding carboxylic acids is 1. The smallest absolute Gasteiger partial charge is 0.227 e. The van der Waals surface area contributed by atoms with Gasteiger partial charge in [0.05, 0.1) is 20.1 Å². The van der Waals surface area contributed by atoms with Gasteiger partial charge < -0.3 is 14.8 Å². The number of hydrogen-bond donors (Lipinski definition) is 2. The number of ether oxygens (including phenoxy) is 2. The number of fused-ring (bicyclic) bond motifs is 1. The van der Waals surface area contributed by atoms with E-state index in [0.29, 0.717) is 0 Å². The van der Waals surface area contributed by atoms with Gasteiger partial charge in [0.2, 0.25) is 5.91 Å². The Balaban J connectivity index is 1.29. The molecular weight excluding hydrogens is 398 g/mol. The monoisotopic (exact) mass is 427 g/mol. The van der Waals surface area contributed by atoms with E-state index in [1.165, 1.54) is 11.1 Å². The van der Waals surface area contributed by atoms with Crippen LogP contribution in [0.25, 0.3) is 0 Å². The maximum atomic E-state index is 12.8. The number of thioether (sulfide) groups is 1. The summed E-state index contributed by atoms with van der Waals surface area (Å²) in [4.78, 5) is 15.2. The van der Waals surface area contributed by atoms with Gasteiger partial charge in [0.15, 0.2) is 0 Å². The lowest BCUT2D eigenvalue weighted by Crippen LogP contribution is -2.64. The van der Waals surface area contributed by atoms with Crippen molar-refractivity contribution in [1.82, 2.24) is 15.5 Å². The predicted molar refractivity (Wildman–Crippen MR) is 120 cm³/mol. The second kappa shape index (κ2) is 9.73. The summed E-state index contributed by atoms with van der Waals surface area (Å²) in [6, 6.07) is 16.5. The third-order valence-electron chi connectivity index (χ3n) is 5.79. The molecule has 0 radical (unpaired) electrons. The number of nitrogens with zero attached hydrogens (tertiary/aromatic N) is 1. The lowest BCUT2D eigenvalue weighted by Gasteiger charge is -2.43. The Kier molecular flexibility index (Phi) is 6.82. The predicted octanol–water partition coefficient (Wildman–Crippen LogP) is 2.83. The van der Waals surface area contributed by atoms with Gasteiger partial charge in [-0.15, -0.1) is 11.8 Å². The molecule has 2 aliphatic rings. The van der Waals surface area contributed by atoms with E-state index in [1.54, 1.807) is 26.0 Å². The summed E-state index contributed by atoms with van der Waals surface area (Å²) in [5.74, 6) is 2.69. The first-order valence-electron chi connectivity index (χ1n) is 10.3. The molecule has 4 rings (SSSR count). The quantitative estimate of drug-likeness (QED) is 0.709. The molecule has 2 N–H and O–H groups in total. The normalized spacial score (nSPS) is 24.1. The topological polar surface area (TPSA) is 62.8 Å². The van der Waals surface area contributed by atoms with Crippen molar-refractivity contribution in [2.45, 2.75) is 30.3 Å². The van der Waals surface area contributed by atoms with Crippen LogP contribution < -0.4 is 20.1 Å². The third kappa shape index (κ3) is 5.09. The first-order chi connectivity index (χ1) is 14.6. The van der Waals surface area contributed by atoms with Gasteiger partial charge in [-0.25, -0.2) is 0 Å². The van der Waals surface area contributed by atoms with Crippen molar-refractivity contribution in [3.63, 3.8) is 0 Å². The molecule has 30 heavy (non-hydrogen) atoms. The minimum atomic E-state index is -0.0573. The fraction of sp³-hybridized carbons (Fsp3) is 0.435. The molecule has 3 atom stereocenters. The molecule has 3 unspecified atom stereocenters. The number of likely N-dealkylation sites (tertiary alicyclic amines) is 1. The summed E-state index contributed by atoms with van der Waals surface area (Å²) in [6.07, 6.45) is 0.977. The van der Waals surface area contributed by atoms with Gasteiger partial charge >= 0.3 is 0 Å². The first-order valence-corrected chi connectivity index (χ1v) is 11.4. The molecule has 160 valence electrons. The van der Waals surface area contributed by atoms with E-state index < -0.39 is 0 Å². The highest BCUT2D eigenvalue weighted by Gasteiger charge is 2.39. The van der Waals surface area contributed by atoms with Crippen LogP contribution in [0.2, 0.25) is 0 Å². The first kappa shape index (κ1) is 21.0. The molecule has 0 aromatic heterocycles. The Morgan fingerprint density at radius 1 is 1.07 bits per heavy atom. The molecule has 2 heterocycles. The fourth-order valence-corrected chi connectivity index (χ4v) is 5.13. The highest BCUT2D eigenvalue weighted by Crippen LogP contribution is 2.27. The van der Waals surface area contributed by atoms with Crippen LogP contribution in [0.1, 0.15) is 17.5 Å². The van der Waals surface area contributed by atoms with Gasteiger partial charge in [0.1, 0.15) is 17.0 Å². The minimum absolute atomic E-state index is 0.00864. The van der Waals surface area contributed by atoms with E-state index in [4.69, 9.17) is 9.47 Å². The van der Waals surface area contributed by atoms with Crippen LogP contribution >= 0.6 is 11.8 Å². The van der Waals surface area contributed by atoms with Crippen LogP contribution in [0, 0.1) is 5.92 Å². The van der Waals surface area contributed by atoms with Crippen molar-refractivity contribution in [3.8, 4) is 11.5 Å². The maximum Gasteiger partial charge on any atom is 0.227 e. The molecule has 2 aromatic carbocycles. The SMILES string of the molecule is COc1ccc(CN2CCC3NC(SCc4cccc(OC)c4)NC(=O)C3C2)cc1. The van der Waals surface area contributed by atoms with Gasteiger partial charge in [-0.3, -0.25) is 15.0 Å². The number of benzene rings is 2. The summed E-state index contributed by atoms with van der Waals surface area (Å²) in [5, 5.41) is 6.79. The lowest BCUT2D eigenvalue weighted by atomic mass is 9.89. The zero-order valence-electron chi connectivity index (χ0n) is 17.5. The standard InChI is InChI=1S/C23H29N3O3S/c1-28-18-8-6-16(7-9-18)13-26-11-10-21-20(14-26)22(27)25-23(24-21)30-15-17-4-3-5-19(12-17)29-2/h3-9,12,20-21,23-24H,10-11,13-15H2,1-2H3,(H,25,27). The highest BCUT2D eigenvalue weighted by atomic mass is 32.2. The van der Waals surface area contributed by atoms with Crippen LogP contribution in [0.3, 0.4) is 0 Å². The molecule has 1 amide bonds. The molecule has 2 aliphatic heterocycles. The second-order valence-corrected chi connectivity index (χ2v) is 8.90. The Morgan fingerprint density at radius 3 is 2.63 bits per heavy atom. The molecule has 2 fully saturated rings. The van der Waals surface area contributed by atoms with Crippen LogP contribution in [0.4, 0.5) is 0 Å². The van der Waals surface area contributed by atoms with E-state index in [-0.39, 0.29) is 23.4 Å². The Labute approximate surface area is 182 Å². The van der Waals surface area contributed by atoms with Crippen molar-refractivity contribution < 1.29 is 14.3 Å². The lowest BCUT2D eigenvalue weighted by molar-refractivity contribution is -0.130. The second-order valence-electron chi connectivity index (χ2n) is 7.80. The number of amides is 1. The van der Waals surface area contributed by atoms with E-state index in [2.05, 4.69) is 33.7 Å². The van der Waals surface area contributed by atoms with E-state index in [0.717, 1.165) is 43.3 Å². The molecule has 2 saturated heterocycles. The third-order valence-corrected chi connectivity index (χ3v) is 6.88. The van der Waals surface area contributed by atoms with Crippen LogP contribution in [0.15, 0.2) is 48.5 Å². The maximum absolute atomic E-state index is 12.8. The van der Waals surface area contributed by atoms with Crippen LogP contribution in [0.5, 0.6) is 11.5 Å². The van der Waals surface area contributed by atoms with Crippen molar-refractivity contribution in [1.29, 1.82) is 0 Å². The number of nitrogens with one attached hydrogen (secondary N) is 2. The van der Waals surface area contributed by atoms with Crippen molar-refractivity contribution in [3.05, 3.63) is 59.7 Å². The van der Waals surface area contributed by atoms with Crippen LogP contribution in [-0.4, -0.2) is 49.7 Å². The number of methoxy groups -OCH3 is 2. The summed E-state index contributed by atoms with van der Waals surface area (Å²) >= 11 is 1.71. The van der Waals surface area contributed by atoms with Crippen LogP contribution in [-0.2, 0) is 17.1 Å². The molecule has 0 bridgehead atoms. The Morgan fingerprint density at radius 2 is 1.87 bits per heavy atom. The average Bonchev–Trinajstić information content (AvgIpc) is 2.79. The minimum Gasteiger partial charge on any atom is -0.497 e. The van der Waals surface area contributed by atoms with Gasteiger partial charge in [-0.05, 0) is 41.8 Å². The van der Waals surface area contributed by atoms with Crippen molar-refractivity contribution in [2.24, 2.45) is 5.92 Å². The van der Waals surface area contributed by atoms with Gasteiger partial charge in [0.25, 0.3) is 0 Å². The molecule has 0 aliphatic carbocycles. The summed E-state index contributed by atoms with van der Waals surface area (Å²) < 4.78 is 10.5. The molecule has 6 nitrogen and oxygen atoms in total. The Bertz CT molecular complexity index is 861. The fourth-order valence-electron chi connectivity index (χ4n) is 4.12. The number of piperidine rings is 1. The van der Waals surface area contributed by atoms with Crippen molar-refractivity contribution >= 4 is 17.7 Å². The summed E-state index contributed by atoms with van der Waals surface area (Å²) in [6.45, 7) is 2.62. The van der Waals surface area contributed by atoms with E-state index in [9.17, 15) is 4.79 Å². The summed E-state index contributed by atoms with van der Waals surface area (Å²) in [7, 11) is 3.35. The van der Waals surface area contributed by atoms with Crippen molar-refractivity contribution in [2.75, 3.05) is 27.3 Å². The largest absolute Gasteiger partial charge is 0.497 e. The zero-order chi connectivity index (χ0) is 20.9. The average molecular weight is 428 g/mol. The molecule has 7 heteroatoms. The molecular formula is C23H29N3O3S. The zero-order valence-corrected chi connectivity index (χ0v) is 18.3. The van der Waals surface area contributed by atoms with Gasteiger partial charge in [0, 0.05) is 31.4 Å². The molecule has 0 spiro atoms. The van der Waals surface area contributed by atoms with Gasteiger partial charge in [-0.2, -0.15) is 0 Å². The Hall–Kier alpha value is -2.22. The van der Waals surface area contributed by atoms with Gasteiger partial charge in [-0.1, -0.05) is 24.3 Å². The number of rotatable bonds is 7. The molecule has 2 aromatic rings. The van der Waals surface area contributed by atoms with E-state index in [1.807, 2.05) is 30.3 Å². The number of carbonyl (C=O) groups is 1. The highest BCUT2D eigenvalue weighted by molar-refractivity contribution is 7.99.